The van der Waals surface area contributed by atoms with Crippen LogP contribution in [0.1, 0.15) is 35.2 Å². The smallest absolute Gasteiger partial charge is 0.301 e. The molecule has 1 aromatic heterocycles. The second kappa shape index (κ2) is 11.0. The van der Waals surface area contributed by atoms with Crippen LogP contribution < -0.4 is 9.64 Å². The van der Waals surface area contributed by atoms with Crippen molar-refractivity contribution >= 4 is 51.4 Å². The fourth-order valence-electron chi connectivity index (χ4n) is 4.96. The molecule has 2 unspecified atom stereocenters. The van der Waals surface area contributed by atoms with Gasteiger partial charge in [0.25, 0.3) is 11.5 Å². The van der Waals surface area contributed by atoms with E-state index in [9.17, 15) is 29.2 Å². The highest BCUT2D eigenvalue weighted by molar-refractivity contribution is 8.00. The van der Waals surface area contributed by atoms with Gasteiger partial charge in [-0.25, -0.2) is 4.39 Å². The van der Waals surface area contributed by atoms with E-state index in [1.165, 1.54) is 42.1 Å². The van der Waals surface area contributed by atoms with Gasteiger partial charge in [-0.2, -0.15) is 0 Å². The average Bonchev–Trinajstić information content (AvgIpc) is 3.67. The highest BCUT2D eigenvalue weighted by Gasteiger charge is 2.48. The van der Waals surface area contributed by atoms with E-state index in [1.807, 2.05) is 6.92 Å². The van der Waals surface area contributed by atoms with Crippen molar-refractivity contribution < 1.29 is 28.7 Å². The Kier molecular flexibility index (Phi) is 7.21. The molecule has 3 aromatic carbocycles. The van der Waals surface area contributed by atoms with Crippen LogP contribution in [0.25, 0.3) is 5.76 Å². The predicted molar refractivity (Wildman–Crippen MR) is 154 cm³/mol. The van der Waals surface area contributed by atoms with E-state index in [-0.39, 0.29) is 39.8 Å². The zero-order valence-electron chi connectivity index (χ0n) is 21.9. The van der Waals surface area contributed by atoms with E-state index in [0.717, 1.165) is 21.8 Å². The number of ether oxygens (including phenoxy) is 1. The molecule has 0 aliphatic carbocycles. The Morgan fingerprint density at radius 1 is 1.17 bits per heavy atom. The molecule has 2 aliphatic rings. The lowest BCUT2D eigenvalue weighted by molar-refractivity contribution is -0.384. The minimum Gasteiger partial charge on any atom is -0.507 e. The molecule has 1 amide bonds. The Balaban J connectivity index is 1.40. The van der Waals surface area contributed by atoms with Gasteiger partial charge in [0.2, 0.25) is 5.13 Å². The second-order valence-corrected chi connectivity index (χ2v) is 11.9. The Morgan fingerprint density at radius 2 is 1.93 bits per heavy atom. The monoisotopic (exact) mass is 604 g/mol. The predicted octanol–water partition coefficient (Wildman–Crippen LogP) is 5.83. The summed E-state index contributed by atoms with van der Waals surface area (Å²) in [4.78, 5) is 38.8. The second-order valence-electron chi connectivity index (χ2n) is 9.70. The molecule has 2 atom stereocenters. The summed E-state index contributed by atoms with van der Waals surface area (Å²) >= 11 is 2.26. The minimum atomic E-state index is -1.13. The summed E-state index contributed by atoms with van der Waals surface area (Å²) in [5.41, 5.74) is 1.65. The number of nitro benzene ring substituents is 1. The van der Waals surface area contributed by atoms with Crippen LogP contribution in [0, 0.1) is 15.9 Å². The number of carbonyl (C=O) groups excluding carboxylic acids is 2. The van der Waals surface area contributed by atoms with Crippen LogP contribution in [0.3, 0.4) is 0 Å². The fraction of sp³-hybridized carbons (Fsp3) is 0.172. The summed E-state index contributed by atoms with van der Waals surface area (Å²) in [6, 6.07) is 15.6. The molecule has 42 heavy (non-hydrogen) atoms. The third kappa shape index (κ3) is 5.01. The topological polar surface area (TPSA) is 136 Å². The lowest BCUT2D eigenvalue weighted by Crippen LogP contribution is -2.29. The molecule has 2 aliphatic heterocycles. The first-order valence-electron chi connectivity index (χ1n) is 12.8. The zero-order chi connectivity index (χ0) is 29.5. The number of carbonyl (C=O) groups is 2. The number of amides is 1. The van der Waals surface area contributed by atoms with Gasteiger partial charge in [-0.15, -0.1) is 10.2 Å². The number of non-ortho nitro benzene ring substituents is 1. The van der Waals surface area contributed by atoms with Crippen molar-refractivity contribution in [2.45, 2.75) is 35.6 Å². The maximum atomic E-state index is 14.1. The van der Waals surface area contributed by atoms with Gasteiger partial charge in [0.1, 0.15) is 23.4 Å². The van der Waals surface area contributed by atoms with Crippen LogP contribution in [0.2, 0.25) is 0 Å². The van der Waals surface area contributed by atoms with Crippen LogP contribution in [0.5, 0.6) is 5.75 Å². The molecule has 1 saturated heterocycles. The molecule has 3 heterocycles. The number of hydrogen-bond donors (Lipinski definition) is 1. The van der Waals surface area contributed by atoms with Gasteiger partial charge in [0, 0.05) is 29.9 Å². The number of ketones is 1. The quantitative estimate of drug-likeness (QED) is 0.0526. The number of nitrogens with zero attached hydrogens (tertiary/aromatic N) is 4. The van der Waals surface area contributed by atoms with E-state index >= 15 is 0 Å². The number of aromatic nitrogens is 2. The van der Waals surface area contributed by atoms with Gasteiger partial charge < -0.3 is 9.84 Å². The first kappa shape index (κ1) is 27.5. The number of aliphatic hydroxyl groups is 1. The van der Waals surface area contributed by atoms with Crippen molar-refractivity contribution in [3.63, 3.8) is 0 Å². The van der Waals surface area contributed by atoms with E-state index in [0.29, 0.717) is 33.2 Å². The Morgan fingerprint density at radius 3 is 2.67 bits per heavy atom. The summed E-state index contributed by atoms with van der Waals surface area (Å²) in [5.74, 6) is -1.66. The van der Waals surface area contributed by atoms with E-state index in [4.69, 9.17) is 4.74 Å². The van der Waals surface area contributed by atoms with Crippen molar-refractivity contribution in [3.05, 3.63) is 110 Å². The van der Waals surface area contributed by atoms with Gasteiger partial charge in [-0.1, -0.05) is 41.3 Å². The van der Waals surface area contributed by atoms with Crippen LogP contribution in [-0.4, -0.2) is 38.0 Å². The standard InChI is InChI=1S/C29H21FN4O6S2/c1-15-12-19-13-17(8-11-22(19)40-15)25(35)23-24(16-6-9-20(10-7-16)34(38)39)33(27(37)26(23)36)28-31-32-29(42-28)41-14-18-4-2-3-5-21(18)30/h2-11,13,15,24,35H,12,14H2,1H3/b25-23+. The maximum absolute atomic E-state index is 14.1. The molecule has 0 radical (unpaired) electrons. The van der Waals surface area contributed by atoms with Crippen molar-refractivity contribution in [2.75, 3.05) is 4.90 Å². The molecular weight excluding hydrogens is 583 g/mol. The number of rotatable bonds is 7. The molecule has 0 saturated carbocycles. The number of aliphatic hydroxyl groups excluding tert-OH is 1. The van der Waals surface area contributed by atoms with Crippen LogP contribution in [0.15, 0.2) is 76.6 Å². The zero-order valence-corrected chi connectivity index (χ0v) is 23.5. The molecule has 1 N–H and O–H groups in total. The van der Waals surface area contributed by atoms with Crippen molar-refractivity contribution in [1.82, 2.24) is 10.2 Å². The molecule has 4 aromatic rings. The summed E-state index contributed by atoms with van der Waals surface area (Å²) in [7, 11) is 0. The van der Waals surface area contributed by atoms with Gasteiger partial charge in [-0.3, -0.25) is 24.6 Å². The number of benzene rings is 3. The van der Waals surface area contributed by atoms with Crippen molar-refractivity contribution in [3.8, 4) is 5.75 Å². The highest BCUT2D eigenvalue weighted by atomic mass is 32.2. The normalized spacial score (nSPS) is 19.1. The van der Waals surface area contributed by atoms with Gasteiger partial charge >= 0.3 is 5.91 Å². The number of thioether (sulfide) groups is 1. The summed E-state index contributed by atoms with van der Waals surface area (Å²) < 4.78 is 20.3. The van der Waals surface area contributed by atoms with Gasteiger partial charge in [-0.05, 0) is 60.0 Å². The summed E-state index contributed by atoms with van der Waals surface area (Å²) in [6.07, 6.45) is 0.584. The number of Topliss-reactive ketones (excluding diaryl/α,β-unsaturated/α-hetero) is 1. The number of fused-ring (bicyclic) bond motifs is 1. The van der Waals surface area contributed by atoms with E-state index in [2.05, 4.69) is 10.2 Å². The number of halogens is 1. The summed E-state index contributed by atoms with van der Waals surface area (Å²) in [5, 5.41) is 31.1. The fourth-order valence-corrected chi connectivity index (χ4v) is 6.82. The maximum Gasteiger partial charge on any atom is 0.301 e. The molecule has 212 valence electrons. The SMILES string of the molecule is CC1Cc2cc(/C(O)=C3\C(=O)C(=O)N(c4nnc(SCc5ccccc5F)s4)C3c3ccc([N+](=O)[O-])cc3)ccc2O1. The van der Waals surface area contributed by atoms with Crippen molar-refractivity contribution in [1.29, 1.82) is 0 Å². The molecule has 10 nitrogen and oxygen atoms in total. The molecule has 6 rings (SSSR count). The number of nitro groups is 1. The van der Waals surface area contributed by atoms with Crippen molar-refractivity contribution in [2.24, 2.45) is 0 Å². The van der Waals surface area contributed by atoms with Crippen LogP contribution in [0.4, 0.5) is 15.2 Å². The average molecular weight is 605 g/mol. The number of anilines is 1. The Labute approximate surface area is 246 Å². The van der Waals surface area contributed by atoms with Gasteiger partial charge in [0.05, 0.1) is 16.5 Å². The summed E-state index contributed by atoms with van der Waals surface area (Å²) in [6.45, 7) is 1.92. The first-order valence-corrected chi connectivity index (χ1v) is 14.6. The molecular formula is C29H21FN4O6S2. The van der Waals surface area contributed by atoms with Crippen LogP contribution >= 0.6 is 23.1 Å². The Bertz CT molecular complexity index is 1770. The van der Waals surface area contributed by atoms with E-state index < -0.39 is 22.7 Å². The molecule has 13 heteroatoms. The van der Waals surface area contributed by atoms with E-state index in [1.54, 1.807) is 36.4 Å². The highest BCUT2D eigenvalue weighted by Crippen LogP contribution is 2.45. The molecule has 0 spiro atoms. The third-order valence-electron chi connectivity index (χ3n) is 6.94. The Hall–Kier alpha value is -4.62. The largest absolute Gasteiger partial charge is 0.507 e. The minimum absolute atomic E-state index is 0.0362. The van der Waals surface area contributed by atoms with Crippen LogP contribution in [-0.2, 0) is 21.8 Å². The number of hydrogen-bond acceptors (Lipinski definition) is 10. The molecule has 0 bridgehead atoms. The lowest BCUT2D eigenvalue weighted by atomic mass is 9.94. The third-order valence-corrected chi connectivity index (χ3v) is 9.05. The van der Waals surface area contributed by atoms with Gasteiger partial charge in [0.15, 0.2) is 4.34 Å². The molecule has 1 fully saturated rings. The lowest BCUT2D eigenvalue weighted by Gasteiger charge is -2.22. The first-order chi connectivity index (χ1) is 20.2.